The third kappa shape index (κ3) is 4.48. The van der Waals surface area contributed by atoms with Gasteiger partial charge in [0.1, 0.15) is 0 Å². The first-order chi connectivity index (χ1) is 15.0. The van der Waals surface area contributed by atoms with Crippen LogP contribution in [0.1, 0.15) is 26.5 Å². The van der Waals surface area contributed by atoms with E-state index >= 15 is 0 Å². The Hall–Kier alpha value is -3.92. The van der Waals surface area contributed by atoms with E-state index in [2.05, 4.69) is 26.2 Å². The minimum absolute atomic E-state index is 0.193. The minimum atomic E-state index is -0.385. The molecule has 2 N–H and O–H groups in total. The van der Waals surface area contributed by atoms with Crippen molar-refractivity contribution in [2.75, 3.05) is 16.9 Å². The van der Waals surface area contributed by atoms with Crippen LogP contribution in [0.15, 0.2) is 70.4 Å². The first kappa shape index (κ1) is 20.4. The number of amides is 2. The number of hydrogen-bond acceptors (Lipinski definition) is 7. The number of hydrogen-bond donors (Lipinski definition) is 2. The van der Waals surface area contributed by atoms with Gasteiger partial charge in [-0.2, -0.15) is 4.68 Å². The van der Waals surface area contributed by atoms with Gasteiger partial charge < -0.3 is 15.1 Å². The minimum Gasteiger partial charge on any atom is -0.459 e. The lowest BCUT2D eigenvalue weighted by atomic mass is 10.1. The number of aromatic nitrogens is 4. The smallest absolute Gasteiger partial charge is 0.291 e. The summed E-state index contributed by atoms with van der Waals surface area (Å²) in [7, 11) is 0. The molecule has 0 saturated heterocycles. The van der Waals surface area contributed by atoms with E-state index < -0.39 is 0 Å². The fraction of sp³-hybridized carbons (Fsp3) is 0.0952. The second-order valence-electron chi connectivity index (χ2n) is 6.54. The van der Waals surface area contributed by atoms with E-state index in [0.29, 0.717) is 22.1 Å². The molecule has 0 aliphatic rings. The molecule has 0 aliphatic heterocycles. The SMILES string of the molecule is CSc1nnnn1-c1cccc(NC(=O)c2ccc(C)c(NC(=O)c3ccco3)c2)c1. The Morgan fingerprint density at radius 2 is 1.90 bits per heavy atom. The molecule has 0 spiro atoms. The van der Waals surface area contributed by atoms with Crippen molar-refractivity contribution in [2.45, 2.75) is 12.1 Å². The van der Waals surface area contributed by atoms with Crippen LogP contribution < -0.4 is 10.6 Å². The molecule has 0 radical (unpaired) electrons. The number of nitrogens with one attached hydrogen (secondary N) is 2. The van der Waals surface area contributed by atoms with Crippen LogP contribution in [0.2, 0.25) is 0 Å². The average Bonchev–Trinajstić information content (AvgIpc) is 3.47. The van der Waals surface area contributed by atoms with E-state index in [1.54, 1.807) is 53.2 Å². The average molecular weight is 434 g/mol. The Bertz CT molecular complexity index is 1240. The molecule has 0 aliphatic carbocycles. The second-order valence-corrected chi connectivity index (χ2v) is 7.32. The first-order valence-corrected chi connectivity index (χ1v) is 10.5. The lowest BCUT2D eigenvalue weighted by Crippen LogP contribution is -2.15. The number of benzene rings is 2. The van der Waals surface area contributed by atoms with Crippen LogP contribution in [0.5, 0.6) is 0 Å². The quantitative estimate of drug-likeness (QED) is 0.444. The molecule has 31 heavy (non-hydrogen) atoms. The molecule has 4 aromatic rings. The number of tetrazole rings is 1. The summed E-state index contributed by atoms with van der Waals surface area (Å²) < 4.78 is 6.71. The van der Waals surface area contributed by atoms with Crippen molar-refractivity contribution in [3.8, 4) is 5.69 Å². The van der Waals surface area contributed by atoms with E-state index in [0.717, 1.165) is 11.3 Å². The molecular weight excluding hydrogens is 416 g/mol. The van der Waals surface area contributed by atoms with Crippen LogP contribution in [0, 0.1) is 6.92 Å². The Labute approximate surface area is 181 Å². The van der Waals surface area contributed by atoms with E-state index in [-0.39, 0.29) is 17.6 Å². The van der Waals surface area contributed by atoms with Crippen LogP contribution in [-0.2, 0) is 0 Å². The number of furan rings is 1. The first-order valence-electron chi connectivity index (χ1n) is 9.25. The van der Waals surface area contributed by atoms with Crippen molar-refractivity contribution in [1.82, 2.24) is 20.2 Å². The molecule has 4 rings (SSSR count). The number of carbonyl (C=O) groups excluding carboxylic acids is 2. The summed E-state index contributed by atoms with van der Waals surface area (Å²) in [5, 5.41) is 17.9. The van der Waals surface area contributed by atoms with Gasteiger partial charge in [0, 0.05) is 16.9 Å². The highest BCUT2D eigenvalue weighted by Gasteiger charge is 2.14. The van der Waals surface area contributed by atoms with Crippen molar-refractivity contribution in [3.05, 3.63) is 77.7 Å². The standard InChI is InChI=1S/C21H18N6O3S/c1-13-8-9-14(11-17(13)23-20(29)18-7-4-10-30-18)19(28)22-15-5-3-6-16(12-15)27-21(31-2)24-25-26-27/h3-12H,1-2H3,(H,22,28)(H,23,29). The Kier molecular flexibility index (Phi) is 5.80. The predicted molar refractivity (Wildman–Crippen MR) is 117 cm³/mol. The topological polar surface area (TPSA) is 115 Å². The molecule has 2 heterocycles. The van der Waals surface area contributed by atoms with Gasteiger partial charge in [0.2, 0.25) is 5.16 Å². The zero-order valence-corrected chi connectivity index (χ0v) is 17.5. The van der Waals surface area contributed by atoms with Crippen LogP contribution in [-0.4, -0.2) is 38.3 Å². The summed E-state index contributed by atoms with van der Waals surface area (Å²) in [4.78, 5) is 25.1. The number of anilines is 2. The van der Waals surface area contributed by atoms with Gasteiger partial charge in [0.25, 0.3) is 11.8 Å². The normalized spacial score (nSPS) is 10.6. The zero-order chi connectivity index (χ0) is 21.8. The molecule has 0 atom stereocenters. The largest absolute Gasteiger partial charge is 0.459 e. The van der Waals surface area contributed by atoms with E-state index in [4.69, 9.17) is 4.42 Å². The van der Waals surface area contributed by atoms with Gasteiger partial charge in [0.15, 0.2) is 5.76 Å². The van der Waals surface area contributed by atoms with Gasteiger partial charge in [0.05, 0.1) is 12.0 Å². The van der Waals surface area contributed by atoms with E-state index in [1.165, 1.54) is 18.0 Å². The second kappa shape index (κ2) is 8.84. The monoisotopic (exact) mass is 434 g/mol. The van der Waals surface area contributed by atoms with Crippen LogP contribution in [0.3, 0.4) is 0 Å². The number of carbonyl (C=O) groups is 2. The van der Waals surface area contributed by atoms with Gasteiger partial charge in [-0.25, -0.2) is 0 Å². The molecule has 0 fully saturated rings. The molecule has 2 amide bonds. The van der Waals surface area contributed by atoms with Crippen molar-refractivity contribution in [3.63, 3.8) is 0 Å². The zero-order valence-electron chi connectivity index (χ0n) is 16.7. The molecule has 0 unspecified atom stereocenters. The summed E-state index contributed by atoms with van der Waals surface area (Å²) in [6.07, 6.45) is 3.31. The summed E-state index contributed by atoms with van der Waals surface area (Å²) in [6, 6.07) is 15.5. The van der Waals surface area contributed by atoms with Crippen LogP contribution >= 0.6 is 11.8 Å². The van der Waals surface area contributed by atoms with Gasteiger partial charge in [-0.15, -0.1) is 5.10 Å². The Morgan fingerprint density at radius 1 is 1.03 bits per heavy atom. The third-order valence-electron chi connectivity index (χ3n) is 4.46. The summed E-state index contributed by atoms with van der Waals surface area (Å²) in [5.74, 6) is -0.505. The fourth-order valence-corrected chi connectivity index (χ4v) is 3.31. The molecule has 0 saturated carbocycles. The molecule has 2 aromatic carbocycles. The Balaban J connectivity index is 1.53. The van der Waals surface area contributed by atoms with Gasteiger partial charge in [-0.3, -0.25) is 9.59 Å². The lowest BCUT2D eigenvalue weighted by Gasteiger charge is -2.11. The predicted octanol–water partition coefficient (Wildman–Crippen LogP) is 3.79. The van der Waals surface area contributed by atoms with Crippen LogP contribution in [0.4, 0.5) is 11.4 Å². The molecule has 9 nitrogen and oxygen atoms in total. The van der Waals surface area contributed by atoms with Gasteiger partial charge in [-0.1, -0.05) is 23.9 Å². The molecule has 2 aromatic heterocycles. The number of rotatable bonds is 6. The highest BCUT2D eigenvalue weighted by Crippen LogP contribution is 2.21. The molecular formula is C21H18N6O3S. The van der Waals surface area contributed by atoms with E-state index in [9.17, 15) is 9.59 Å². The lowest BCUT2D eigenvalue weighted by molar-refractivity contribution is 0.0993. The molecule has 156 valence electrons. The van der Waals surface area contributed by atoms with Crippen LogP contribution in [0.25, 0.3) is 5.69 Å². The van der Waals surface area contributed by atoms with E-state index in [1.807, 2.05) is 19.2 Å². The maximum absolute atomic E-state index is 12.8. The maximum Gasteiger partial charge on any atom is 0.291 e. The van der Waals surface area contributed by atoms with Crippen molar-refractivity contribution >= 4 is 35.0 Å². The van der Waals surface area contributed by atoms with Gasteiger partial charge in [-0.05, 0) is 71.6 Å². The Morgan fingerprint density at radius 3 is 2.68 bits per heavy atom. The third-order valence-corrected chi connectivity index (χ3v) is 5.08. The highest BCUT2D eigenvalue weighted by molar-refractivity contribution is 7.98. The fourth-order valence-electron chi connectivity index (χ4n) is 2.88. The summed E-state index contributed by atoms with van der Waals surface area (Å²) in [6.45, 7) is 1.85. The van der Waals surface area contributed by atoms with Crippen molar-refractivity contribution in [2.24, 2.45) is 0 Å². The molecule has 0 bridgehead atoms. The number of aryl methyl sites for hydroxylation is 1. The van der Waals surface area contributed by atoms with Crippen molar-refractivity contribution < 1.29 is 14.0 Å². The maximum atomic E-state index is 12.8. The molecule has 10 heteroatoms. The summed E-state index contributed by atoms with van der Waals surface area (Å²) in [5.41, 5.74) is 3.06. The number of nitrogens with zero attached hydrogens (tertiary/aromatic N) is 4. The number of thioether (sulfide) groups is 1. The van der Waals surface area contributed by atoms with Crippen molar-refractivity contribution in [1.29, 1.82) is 0 Å². The summed E-state index contributed by atoms with van der Waals surface area (Å²) >= 11 is 1.42. The van der Waals surface area contributed by atoms with Gasteiger partial charge >= 0.3 is 0 Å². The highest BCUT2D eigenvalue weighted by atomic mass is 32.2.